The Morgan fingerprint density at radius 3 is 2.89 bits per heavy atom. The van der Waals surface area contributed by atoms with E-state index in [-0.39, 0.29) is 12.1 Å². The molecule has 1 aliphatic heterocycles. The molecule has 5 nitrogen and oxygen atoms in total. The summed E-state index contributed by atoms with van der Waals surface area (Å²) in [6.07, 6.45) is -0.0530. The molecule has 1 N–H and O–H groups in total. The van der Waals surface area contributed by atoms with Gasteiger partial charge in [0.05, 0.1) is 12.7 Å². The van der Waals surface area contributed by atoms with Crippen molar-refractivity contribution in [3.05, 3.63) is 17.0 Å². The van der Waals surface area contributed by atoms with Crippen molar-refractivity contribution in [1.82, 2.24) is 9.62 Å². The van der Waals surface area contributed by atoms with E-state index in [0.29, 0.717) is 23.9 Å². The minimum absolute atomic E-state index is 0.0530. The Balaban J connectivity index is 2.24. The van der Waals surface area contributed by atoms with Crippen molar-refractivity contribution < 1.29 is 13.2 Å². The van der Waals surface area contributed by atoms with Gasteiger partial charge in [-0.1, -0.05) is 0 Å². The largest absolute Gasteiger partial charge is 0.375 e. The van der Waals surface area contributed by atoms with Crippen LogP contribution in [0.5, 0.6) is 0 Å². The Hall–Kier alpha value is -0.470. The summed E-state index contributed by atoms with van der Waals surface area (Å²) in [5.74, 6) is 0. The van der Waals surface area contributed by atoms with Crippen LogP contribution in [0.1, 0.15) is 18.7 Å². The summed E-state index contributed by atoms with van der Waals surface area (Å²) in [5, 5.41) is 3.03. The molecule has 0 bridgehead atoms. The molecule has 0 amide bonds. The van der Waals surface area contributed by atoms with Crippen LogP contribution in [0.15, 0.2) is 16.3 Å². The van der Waals surface area contributed by atoms with Crippen molar-refractivity contribution in [3.63, 3.8) is 0 Å². The summed E-state index contributed by atoms with van der Waals surface area (Å²) in [6, 6.07) is 3.44. The second kappa shape index (κ2) is 5.88. The van der Waals surface area contributed by atoms with E-state index in [0.717, 1.165) is 4.88 Å². The van der Waals surface area contributed by atoms with E-state index in [1.54, 1.807) is 10.4 Å². The van der Waals surface area contributed by atoms with E-state index < -0.39 is 10.0 Å². The first-order valence-corrected chi connectivity index (χ1v) is 8.57. The maximum atomic E-state index is 12.6. The van der Waals surface area contributed by atoms with Gasteiger partial charge in [-0.05, 0) is 33.0 Å². The van der Waals surface area contributed by atoms with E-state index in [9.17, 15) is 8.42 Å². The highest BCUT2D eigenvalue weighted by molar-refractivity contribution is 7.91. The normalized spacial score (nSPS) is 25.6. The average molecular weight is 304 g/mol. The third-order valence-electron chi connectivity index (χ3n) is 3.10. The van der Waals surface area contributed by atoms with Crippen LogP contribution < -0.4 is 5.32 Å². The number of nitrogens with one attached hydrogen (secondary N) is 1. The molecule has 19 heavy (non-hydrogen) atoms. The quantitative estimate of drug-likeness (QED) is 0.910. The van der Waals surface area contributed by atoms with Gasteiger partial charge in [0.15, 0.2) is 0 Å². The van der Waals surface area contributed by atoms with Gasteiger partial charge >= 0.3 is 0 Å². The fraction of sp³-hybridized carbons (Fsp3) is 0.667. The number of hydrogen-bond donors (Lipinski definition) is 1. The summed E-state index contributed by atoms with van der Waals surface area (Å²) < 4.78 is 32.7. The van der Waals surface area contributed by atoms with Crippen molar-refractivity contribution in [1.29, 1.82) is 0 Å². The number of sulfonamides is 1. The molecular weight excluding hydrogens is 284 g/mol. The molecule has 0 saturated carbocycles. The number of rotatable bonds is 4. The fourth-order valence-electron chi connectivity index (χ4n) is 2.09. The zero-order chi connectivity index (χ0) is 14.0. The van der Waals surface area contributed by atoms with Crippen molar-refractivity contribution in [2.75, 3.05) is 20.2 Å². The molecule has 0 aromatic carbocycles. The number of hydrogen-bond acceptors (Lipinski definition) is 5. The molecule has 2 unspecified atom stereocenters. The second-order valence-corrected chi connectivity index (χ2v) is 8.10. The van der Waals surface area contributed by atoms with Crippen LogP contribution >= 0.6 is 11.3 Å². The molecule has 108 valence electrons. The Morgan fingerprint density at radius 1 is 1.47 bits per heavy atom. The predicted molar refractivity (Wildman–Crippen MR) is 75.9 cm³/mol. The number of thiophene rings is 1. The van der Waals surface area contributed by atoms with Crippen LogP contribution in [-0.4, -0.2) is 45.1 Å². The summed E-state index contributed by atoms with van der Waals surface area (Å²) in [5.41, 5.74) is 0. The molecule has 0 spiro atoms. The average Bonchev–Trinajstić information content (AvgIpc) is 2.82. The van der Waals surface area contributed by atoms with Gasteiger partial charge in [0, 0.05) is 24.0 Å². The standard InChI is InChI=1S/C12H20N2O3S2/c1-9-8-17-10(2)7-14(9)19(15,16)12-5-4-11(18-12)6-13-3/h4-5,9-10,13H,6-8H2,1-3H3. The Kier molecular flexibility index (Phi) is 4.62. The van der Waals surface area contributed by atoms with Crippen LogP contribution in [0, 0.1) is 0 Å². The van der Waals surface area contributed by atoms with E-state index in [2.05, 4.69) is 5.32 Å². The molecule has 1 fully saturated rings. The van der Waals surface area contributed by atoms with Crippen LogP contribution in [0.25, 0.3) is 0 Å². The Morgan fingerprint density at radius 2 is 2.21 bits per heavy atom. The van der Waals surface area contributed by atoms with Crippen LogP contribution in [0.3, 0.4) is 0 Å². The molecule has 0 radical (unpaired) electrons. The van der Waals surface area contributed by atoms with Crippen molar-refractivity contribution in [2.45, 2.75) is 36.7 Å². The predicted octanol–water partition coefficient (Wildman–Crippen LogP) is 1.27. The highest BCUT2D eigenvalue weighted by atomic mass is 32.2. The van der Waals surface area contributed by atoms with Gasteiger partial charge < -0.3 is 10.1 Å². The van der Waals surface area contributed by atoms with Gasteiger partial charge in [0.1, 0.15) is 4.21 Å². The summed E-state index contributed by atoms with van der Waals surface area (Å²) in [7, 11) is -1.55. The Bertz CT molecular complexity index is 527. The first-order chi connectivity index (χ1) is 8.95. The maximum Gasteiger partial charge on any atom is 0.252 e. The van der Waals surface area contributed by atoms with Crippen molar-refractivity contribution >= 4 is 21.4 Å². The van der Waals surface area contributed by atoms with Gasteiger partial charge in [-0.3, -0.25) is 0 Å². The summed E-state index contributed by atoms with van der Waals surface area (Å²) >= 11 is 1.33. The van der Waals surface area contributed by atoms with Crippen LogP contribution in [-0.2, 0) is 21.3 Å². The smallest absolute Gasteiger partial charge is 0.252 e. The molecule has 2 heterocycles. The molecule has 2 rings (SSSR count). The van der Waals surface area contributed by atoms with Gasteiger partial charge in [0.25, 0.3) is 10.0 Å². The Labute approximate surface area is 118 Å². The molecular formula is C12H20N2O3S2. The number of ether oxygens (including phenoxy) is 1. The van der Waals surface area contributed by atoms with Gasteiger partial charge in [0.2, 0.25) is 0 Å². The summed E-state index contributed by atoms with van der Waals surface area (Å²) in [6.45, 7) is 5.34. The number of nitrogens with zero attached hydrogens (tertiary/aromatic N) is 1. The van der Waals surface area contributed by atoms with Gasteiger partial charge in [-0.15, -0.1) is 11.3 Å². The lowest BCUT2D eigenvalue weighted by Crippen LogP contribution is -2.49. The molecule has 7 heteroatoms. The van der Waals surface area contributed by atoms with E-state index in [1.165, 1.54) is 11.3 Å². The van der Waals surface area contributed by atoms with Gasteiger partial charge in [-0.25, -0.2) is 8.42 Å². The highest BCUT2D eigenvalue weighted by Gasteiger charge is 2.34. The van der Waals surface area contributed by atoms with E-state index >= 15 is 0 Å². The lowest BCUT2D eigenvalue weighted by Gasteiger charge is -2.35. The lowest BCUT2D eigenvalue weighted by molar-refractivity contribution is -0.0170. The SMILES string of the molecule is CNCc1ccc(S(=O)(=O)N2CC(C)OCC2C)s1. The molecule has 2 atom stereocenters. The first-order valence-electron chi connectivity index (χ1n) is 6.32. The van der Waals surface area contributed by atoms with Crippen molar-refractivity contribution in [2.24, 2.45) is 0 Å². The third kappa shape index (κ3) is 3.17. The van der Waals surface area contributed by atoms with E-state index in [1.807, 2.05) is 27.0 Å². The van der Waals surface area contributed by atoms with Crippen LogP contribution in [0.2, 0.25) is 0 Å². The molecule has 1 aromatic rings. The molecule has 1 aliphatic rings. The minimum Gasteiger partial charge on any atom is -0.375 e. The monoisotopic (exact) mass is 304 g/mol. The second-order valence-electron chi connectivity index (χ2n) is 4.82. The highest BCUT2D eigenvalue weighted by Crippen LogP contribution is 2.28. The zero-order valence-electron chi connectivity index (χ0n) is 11.4. The summed E-state index contributed by atoms with van der Waals surface area (Å²) in [4.78, 5) is 1.02. The van der Waals surface area contributed by atoms with Gasteiger partial charge in [-0.2, -0.15) is 4.31 Å². The fourth-order valence-corrected chi connectivity index (χ4v) is 5.28. The first kappa shape index (κ1) is 14.9. The molecule has 0 aliphatic carbocycles. The maximum absolute atomic E-state index is 12.6. The zero-order valence-corrected chi connectivity index (χ0v) is 13.1. The number of morpholine rings is 1. The van der Waals surface area contributed by atoms with Crippen LogP contribution in [0.4, 0.5) is 0 Å². The lowest BCUT2D eigenvalue weighted by atomic mass is 10.2. The minimum atomic E-state index is -3.40. The molecule has 1 aromatic heterocycles. The topological polar surface area (TPSA) is 58.6 Å². The third-order valence-corrected chi connectivity index (χ3v) is 6.63. The van der Waals surface area contributed by atoms with Crippen molar-refractivity contribution in [3.8, 4) is 0 Å². The molecule has 1 saturated heterocycles. The van der Waals surface area contributed by atoms with E-state index in [4.69, 9.17) is 4.74 Å².